The van der Waals surface area contributed by atoms with E-state index >= 15 is 0 Å². The maximum absolute atomic E-state index is 14.1. The van der Waals surface area contributed by atoms with Gasteiger partial charge in [0.1, 0.15) is 23.9 Å². The van der Waals surface area contributed by atoms with Gasteiger partial charge in [-0.1, -0.05) is 84.1 Å². The van der Waals surface area contributed by atoms with Crippen LogP contribution in [-0.4, -0.2) is 33.4 Å². The van der Waals surface area contributed by atoms with Crippen molar-refractivity contribution in [2.75, 3.05) is 11.5 Å². The summed E-state index contributed by atoms with van der Waals surface area (Å²) in [6, 6.07) is 32.6. The van der Waals surface area contributed by atoms with E-state index in [-0.39, 0.29) is 18.4 Å². The van der Waals surface area contributed by atoms with E-state index in [0.29, 0.717) is 35.7 Å². The Bertz CT molecular complexity index is 1550. The van der Waals surface area contributed by atoms with Gasteiger partial charge < -0.3 is 10.1 Å². The van der Waals surface area contributed by atoms with Crippen molar-refractivity contribution < 1.29 is 14.3 Å². The van der Waals surface area contributed by atoms with Gasteiger partial charge in [-0.05, 0) is 42.8 Å². The number of rotatable bonds is 10. The fourth-order valence-corrected chi connectivity index (χ4v) is 4.54. The van der Waals surface area contributed by atoms with Crippen LogP contribution in [0.5, 0.6) is 5.75 Å². The summed E-state index contributed by atoms with van der Waals surface area (Å²) in [5, 5.41) is 11.4. The Labute approximate surface area is 226 Å². The molecule has 1 unspecified atom stereocenters. The molecule has 4 aromatic carbocycles. The van der Waals surface area contributed by atoms with E-state index in [0.717, 1.165) is 11.1 Å². The molecule has 5 rings (SSSR count). The van der Waals surface area contributed by atoms with E-state index < -0.39 is 6.04 Å². The Morgan fingerprint density at radius 1 is 0.872 bits per heavy atom. The minimum absolute atomic E-state index is 0.103. The number of carbonyl (C=O) groups is 2. The van der Waals surface area contributed by atoms with Crippen LogP contribution < -0.4 is 15.0 Å². The van der Waals surface area contributed by atoms with Crippen LogP contribution in [0.2, 0.25) is 0 Å². The van der Waals surface area contributed by atoms with Crippen molar-refractivity contribution in [2.45, 2.75) is 26.1 Å². The summed E-state index contributed by atoms with van der Waals surface area (Å²) in [6.07, 6.45) is 0. The second-order valence-corrected chi connectivity index (χ2v) is 8.91. The van der Waals surface area contributed by atoms with Crippen LogP contribution in [0.25, 0.3) is 11.0 Å². The van der Waals surface area contributed by atoms with Crippen molar-refractivity contribution in [1.29, 1.82) is 0 Å². The van der Waals surface area contributed by atoms with Crippen molar-refractivity contribution in [1.82, 2.24) is 20.3 Å². The number of amides is 2. The van der Waals surface area contributed by atoms with Crippen LogP contribution >= 0.6 is 0 Å². The molecule has 8 heteroatoms. The lowest BCUT2D eigenvalue weighted by atomic mass is 10.0. The van der Waals surface area contributed by atoms with Crippen molar-refractivity contribution in [2.24, 2.45) is 0 Å². The molecule has 0 fully saturated rings. The van der Waals surface area contributed by atoms with Gasteiger partial charge in [-0.25, -0.2) is 4.68 Å². The Morgan fingerprint density at radius 2 is 1.54 bits per heavy atom. The molecule has 0 aliphatic carbocycles. The maximum atomic E-state index is 14.1. The van der Waals surface area contributed by atoms with Gasteiger partial charge in [0.15, 0.2) is 0 Å². The highest BCUT2D eigenvalue weighted by molar-refractivity contribution is 6.01. The number of anilines is 1. The quantitative estimate of drug-likeness (QED) is 0.283. The highest BCUT2D eigenvalue weighted by Gasteiger charge is 2.35. The zero-order valence-electron chi connectivity index (χ0n) is 21.6. The van der Waals surface area contributed by atoms with Crippen molar-refractivity contribution in [3.8, 4) is 5.75 Å². The second-order valence-electron chi connectivity index (χ2n) is 8.91. The van der Waals surface area contributed by atoms with Gasteiger partial charge in [0.2, 0.25) is 11.8 Å². The number of hydrogen-bond acceptors (Lipinski definition) is 5. The minimum Gasteiger partial charge on any atom is -0.493 e. The molecule has 1 aromatic heterocycles. The van der Waals surface area contributed by atoms with Crippen LogP contribution in [0, 0.1) is 0 Å². The number of benzene rings is 4. The molecule has 39 heavy (non-hydrogen) atoms. The number of ether oxygens (including phenoxy) is 1. The SMILES string of the molecule is CCOc1ccccc1C(C(=O)NCc1ccccc1)N(C(=O)Cn1nnc2ccccc21)c1ccccc1. The highest BCUT2D eigenvalue weighted by Crippen LogP contribution is 2.34. The number of hydrogen-bond donors (Lipinski definition) is 1. The fraction of sp³-hybridized carbons (Fsp3) is 0.161. The molecule has 0 spiro atoms. The first-order valence-corrected chi connectivity index (χ1v) is 12.8. The number of fused-ring (bicyclic) bond motifs is 1. The van der Waals surface area contributed by atoms with Gasteiger partial charge in [0.05, 0.1) is 12.1 Å². The molecule has 0 radical (unpaired) electrons. The van der Waals surface area contributed by atoms with Gasteiger partial charge in [-0.3, -0.25) is 14.5 Å². The van der Waals surface area contributed by atoms with Gasteiger partial charge >= 0.3 is 0 Å². The predicted molar refractivity (Wildman–Crippen MR) is 150 cm³/mol. The van der Waals surface area contributed by atoms with Gasteiger partial charge in [-0.2, -0.15) is 0 Å². The molecule has 0 saturated heterocycles. The normalized spacial score (nSPS) is 11.6. The average Bonchev–Trinajstić information content (AvgIpc) is 3.39. The Balaban J connectivity index is 1.57. The minimum atomic E-state index is -0.999. The monoisotopic (exact) mass is 519 g/mol. The van der Waals surface area contributed by atoms with Crippen LogP contribution in [0.4, 0.5) is 5.69 Å². The topological polar surface area (TPSA) is 89.4 Å². The van der Waals surface area contributed by atoms with E-state index in [1.54, 1.807) is 4.68 Å². The molecule has 0 aliphatic rings. The molecule has 0 aliphatic heterocycles. The van der Waals surface area contributed by atoms with Crippen LogP contribution in [0.1, 0.15) is 24.1 Å². The molecular weight excluding hydrogens is 490 g/mol. The molecule has 8 nitrogen and oxygen atoms in total. The summed E-state index contributed by atoms with van der Waals surface area (Å²) in [6.45, 7) is 2.52. The molecule has 0 bridgehead atoms. The first kappa shape index (κ1) is 25.7. The summed E-state index contributed by atoms with van der Waals surface area (Å²) in [5.74, 6) is -0.102. The van der Waals surface area contributed by atoms with Crippen LogP contribution in [0.15, 0.2) is 109 Å². The van der Waals surface area contributed by atoms with E-state index in [9.17, 15) is 9.59 Å². The Hall–Kier alpha value is -4.98. The third kappa shape index (κ3) is 5.80. The molecule has 5 aromatic rings. The second kappa shape index (κ2) is 12.0. The Morgan fingerprint density at radius 3 is 2.31 bits per heavy atom. The van der Waals surface area contributed by atoms with E-state index in [2.05, 4.69) is 15.6 Å². The molecule has 1 heterocycles. The van der Waals surface area contributed by atoms with Crippen LogP contribution in [0.3, 0.4) is 0 Å². The summed E-state index contributed by atoms with van der Waals surface area (Å²) >= 11 is 0. The number of para-hydroxylation sites is 3. The average molecular weight is 520 g/mol. The number of nitrogens with one attached hydrogen (secondary N) is 1. The Kier molecular flexibility index (Phi) is 7.92. The van der Waals surface area contributed by atoms with E-state index in [4.69, 9.17) is 4.74 Å². The summed E-state index contributed by atoms with van der Waals surface area (Å²) in [7, 11) is 0. The van der Waals surface area contributed by atoms with Gasteiger partial charge in [0.25, 0.3) is 0 Å². The summed E-state index contributed by atoms with van der Waals surface area (Å²) < 4.78 is 7.47. The summed E-state index contributed by atoms with van der Waals surface area (Å²) in [4.78, 5) is 29.7. The molecule has 1 N–H and O–H groups in total. The maximum Gasteiger partial charge on any atom is 0.249 e. The largest absolute Gasteiger partial charge is 0.493 e. The number of nitrogens with zero attached hydrogens (tertiary/aromatic N) is 4. The molecule has 196 valence electrons. The standard InChI is InChI=1S/C31H29N5O3/c1-2-39-28-20-12-9-17-25(28)30(31(38)32-21-23-13-5-3-6-14-23)36(24-15-7-4-8-16-24)29(37)22-35-27-19-11-10-18-26(27)33-34-35/h3-20,30H,2,21-22H2,1H3,(H,32,38). The fourth-order valence-electron chi connectivity index (χ4n) is 4.54. The number of aromatic nitrogens is 3. The van der Waals surface area contributed by atoms with Gasteiger partial charge in [-0.15, -0.1) is 5.10 Å². The van der Waals surface area contributed by atoms with E-state index in [1.165, 1.54) is 4.90 Å². The van der Waals surface area contributed by atoms with E-state index in [1.807, 2.05) is 116 Å². The lowest BCUT2D eigenvalue weighted by molar-refractivity contribution is -0.127. The van der Waals surface area contributed by atoms with Crippen molar-refractivity contribution >= 4 is 28.5 Å². The molecular formula is C31H29N5O3. The molecule has 1 atom stereocenters. The third-order valence-corrected chi connectivity index (χ3v) is 6.34. The first-order chi connectivity index (χ1) is 19.2. The highest BCUT2D eigenvalue weighted by atomic mass is 16.5. The summed E-state index contributed by atoms with van der Waals surface area (Å²) in [5.41, 5.74) is 3.55. The smallest absolute Gasteiger partial charge is 0.249 e. The number of carbonyl (C=O) groups excluding carboxylic acids is 2. The molecule has 2 amide bonds. The first-order valence-electron chi connectivity index (χ1n) is 12.8. The lowest BCUT2D eigenvalue weighted by Crippen LogP contribution is -2.45. The molecule has 0 saturated carbocycles. The zero-order chi connectivity index (χ0) is 27.0. The van der Waals surface area contributed by atoms with Gasteiger partial charge in [0, 0.05) is 17.8 Å². The lowest BCUT2D eigenvalue weighted by Gasteiger charge is -2.32. The van der Waals surface area contributed by atoms with Crippen LogP contribution in [-0.2, 0) is 22.7 Å². The third-order valence-electron chi connectivity index (χ3n) is 6.34. The zero-order valence-corrected chi connectivity index (χ0v) is 21.6. The predicted octanol–water partition coefficient (Wildman–Crippen LogP) is 4.92. The van der Waals surface area contributed by atoms with Crippen molar-refractivity contribution in [3.05, 3.63) is 120 Å². The van der Waals surface area contributed by atoms with Crippen molar-refractivity contribution in [3.63, 3.8) is 0 Å².